The summed E-state index contributed by atoms with van der Waals surface area (Å²) in [5.41, 5.74) is 5.46. The molecule has 0 unspecified atom stereocenters. The van der Waals surface area contributed by atoms with Crippen molar-refractivity contribution in [1.82, 2.24) is 29.2 Å². The van der Waals surface area contributed by atoms with Crippen molar-refractivity contribution in [3.05, 3.63) is 95.1 Å². The molecular formula is C37H39N7O4S. The molecule has 3 saturated carbocycles. The summed E-state index contributed by atoms with van der Waals surface area (Å²) in [5, 5.41) is 0. The number of rotatable bonds is 6. The zero-order valence-corrected chi connectivity index (χ0v) is 28.9. The predicted octanol–water partition coefficient (Wildman–Crippen LogP) is 6.32. The minimum Gasteiger partial charge on any atom is -0.475 e. The number of hydrogen-bond donors (Lipinski definition) is 1. The number of sulfonamides is 1. The Bertz CT molecular complexity index is 2190. The average Bonchev–Trinajstić information content (AvgIpc) is 3.46. The molecule has 3 aliphatic carbocycles. The topological polar surface area (TPSA) is 132 Å². The average molecular weight is 678 g/mol. The summed E-state index contributed by atoms with van der Waals surface area (Å²) < 4.78 is 38.4. The summed E-state index contributed by atoms with van der Waals surface area (Å²) >= 11 is 0. The van der Waals surface area contributed by atoms with Gasteiger partial charge < -0.3 is 9.64 Å². The van der Waals surface area contributed by atoms with E-state index in [-0.39, 0.29) is 58.7 Å². The van der Waals surface area contributed by atoms with Gasteiger partial charge in [-0.15, -0.1) is 0 Å². The molecule has 4 heterocycles. The smallest absolute Gasteiger partial charge is 0.264 e. The Balaban J connectivity index is 1.24. The summed E-state index contributed by atoms with van der Waals surface area (Å²) in [6, 6.07) is 15.4. The largest absolute Gasteiger partial charge is 0.475 e. The Morgan fingerprint density at radius 2 is 1.73 bits per heavy atom. The van der Waals surface area contributed by atoms with E-state index in [1.54, 1.807) is 23.1 Å². The highest BCUT2D eigenvalue weighted by molar-refractivity contribution is 7.92. The van der Waals surface area contributed by atoms with Gasteiger partial charge in [-0.3, -0.25) is 9.20 Å². The van der Waals surface area contributed by atoms with Gasteiger partial charge >= 0.3 is 0 Å². The standard InChI is InChI=1S/C37H39N7O4S/c1-22(2)31-20-43-12-11-27(38-36(43)40-31)19-44-28(18-37-15-25(16-37)17-37)21-48-32-14-30(33-23(3)7-5-8-24(33)4)39-35(41-32)42-49(46,47)29-10-6-9-26(13-29)34(44)45/h5-14,20,22,25,28H,15-19,21H2,1-4H3,(H,39,41,42)/t25?,28-,37?/m1/s1. The molecule has 11 nitrogen and oxygen atoms in total. The zero-order chi connectivity index (χ0) is 34.1. The fraction of sp³-hybridized carbons (Fsp3) is 0.378. The molecule has 0 spiro atoms. The van der Waals surface area contributed by atoms with Crippen molar-refractivity contribution in [2.75, 3.05) is 11.3 Å². The molecule has 1 N–H and O–H groups in total. The van der Waals surface area contributed by atoms with Crippen molar-refractivity contribution in [2.24, 2.45) is 11.3 Å². The van der Waals surface area contributed by atoms with Gasteiger partial charge in [0.25, 0.3) is 15.9 Å². The first-order valence-corrected chi connectivity index (χ1v) is 18.3. The molecule has 12 heteroatoms. The molecule has 1 atom stereocenters. The molecule has 2 aromatic carbocycles. The van der Waals surface area contributed by atoms with E-state index in [9.17, 15) is 13.2 Å². The third-order valence-corrected chi connectivity index (χ3v) is 11.7. The third-order valence-electron chi connectivity index (χ3n) is 10.3. The van der Waals surface area contributed by atoms with Gasteiger partial charge in [-0.05, 0) is 92.2 Å². The van der Waals surface area contributed by atoms with E-state index in [1.807, 2.05) is 54.9 Å². The van der Waals surface area contributed by atoms with Crippen molar-refractivity contribution in [2.45, 2.75) is 76.8 Å². The minimum absolute atomic E-state index is 0.0600. The normalized spacial score (nSPS) is 22.6. The van der Waals surface area contributed by atoms with Gasteiger partial charge in [0.2, 0.25) is 17.6 Å². The second-order valence-corrected chi connectivity index (χ2v) is 16.0. The molecule has 1 aliphatic heterocycles. The van der Waals surface area contributed by atoms with E-state index in [2.05, 4.69) is 28.5 Å². The first-order valence-electron chi connectivity index (χ1n) is 16.8. The molecule has 6 bridgehead atoms. The van der Waals surface area contributed by atoms with Gasteiger partial charge in [-0.25, -0.2) is 28.1 Å². The zero-order valence-electron chi connectivity index (χ0n) is 28.1. The molecule has 9 rings (SSSR count). The molecule has 5 aromatic rings. The number of fused-ring (bicyclic) bond motifs is 5. The summed E-state index contributed by atoms with van der Waals surface area (Å²) in [7, 11) is -4.16. The van der Waals surface area contributed by atoms with E-state index < -0.39 is 10.0 Å². The van der Waals surface area contributed by atoms with Crippen molar-refractivity contribution < 1.29 is 17.9 Å². The molecule has 0 radical (unpaired) electrons. The van der Waals surface area contributed by atoms with Gasteiger partial charge in [-0.2, -0.15) is 4.98 Å². The summed E-state index contributed by atoms with van der Waals surface area (Å²) in [6.45, 7) is 8.52. The lowest BCUT2D eigenvalue weighted by Gasteiger charge is -2.63. The van der Waals surface area contributed by atoms with Gasteiger partial charge in [0, 0.05) is 29.6 Å². The number of amides is 1. The van der Waals surface area contributed by atoms with E-state index in [4.69, 9.17) is 14.7 Å². The van der Waals surface area contributed by atoms with Crippen LogP contribution in [0.15, 0.2) is 71.9 Å². The van der Waals surface area contributed by atoms with Crippen LogP contribution in [0.4, 0.5) is 5.95 Å². The summed E-state index contributed by atoms with van der Waals surface area (Å²) in [4.78, 5) is 35.1. The Labute approximate surface area is 285 Å². The van der Waals surface area contributed by atoms with Gasteiger partial charge in [-0.1, -0.05) is 38.1 Å². The Kier molecular flexibility index (Phi) is 7.47. The maximum atomic E-state index is 14.6. The number of carbonyl (C=O) groups is 1. The van der Waals surface area contributed by atoms with E-state index in [0.29, 0.717) is 17.2 Å². The van der Waals surface area contributed by atoms with Gasteiger partial charge in [0.1, 0.15) is 6.61 Å². The second kappa shape index (κ2) is 11.6. The van der Waals surface area contributed by atoms with Crippen LogP contribution in [-0.2, 0) is 16.6 Å². The Morgan fingerprint density at radius 3 is 2.45 bits per heavy atom. The highest BCUT2D eigenvalue weighted by Crippen LogP contribution is 2.66. The van der Waals surface area contributed by atoms with E-state index >= 15 is 0 Å². The number of benzene rings is 2. The molecule has 3 fully saturated rings. The summed E-state index contributed by atoms with van der Waals surface area (Å²) in [5.74, 6) is 1.41. The van der Waals surface area contributed by atoms with Crippen LogP contribution < -0.4 is 9.46 Å². The minimum atomic E-state index is -4.16. The number of nitrogens with zero attached hydrogens (tertiary/aromatic N) is 6. The number of imidazole rings is 1. The van der Waals surface area contributed by atoms with Crippen LogP contribution >= 0.6 is 0 Å². The fourth-order valence-corrected chi connectivity index (χ4v) is 8.70. The number of aryl methyl sites for hydroxylation is 2. The van der Waals surface area contributed by atoms with Crippen molar-refractivity contribution in [3.8, 4) is 17.1 Å². The number of carbonyl (C=O) groups excluding carboxylic acids is 1. The van der Waals surface area contributed by atoms with Crippen LogP contribution in [-0.4, -0.2) is 56.2 Å². The Morgan fingerprint density at radius 1 is 0.980 bits per heavy atom. The first kappa shape index (κ1) is 31.4. The molecule has 3 aromatic heterocycles. The molecular weight excluding hydrogens is 639 g/mol. The highest BCUT2D eigenvalue weighted by atomic mass is 32.2. The molecule has 0 saturated heterocycles. The fourth-order valence-electron chi connectivity index (χ4n) is 7.71. The van der Waals surface area contributed by atoms with Crippen LogP contribution in [0.5, 0.6) is 5.88 Å². The lowest BCUT2D eigenvalue weighted by Crippen LogP contribution is -2.56. The Hall–Kier alpha value is -4.84. The SMILES string of the molecule is Cc1cccc(C)c1-c1cc2nc(n1)NS(=O)(=O)c1cccc(c1)C(=O)N(Cc1ccn3cc(C(C)C)nc3n1)[C@H](CC13CC(C1)C3)CO2. The number of hydrogen-bond acceptors (Lipinski definition) is 8. The quantitative estimate of drug-likeness (QED) is 0.221. The highest BCUT2D eigenvalue weighted by Gasteiger charge is 2.57. The molecule has 252 valence electrons. The monoisotopic (exact) mass is 677 g/mol. The van der Waals surface area contributed by atoms with Gasteiger partial charge in [0.05, 0.1) is 34.6 Å². The van der Waals surface area contributed by atoms with E-state index in [0.717, 1.165) is 54.0 Å². The van der Waals surface area contributed by atoms with Crippen LogP contribution in [0, 0.1) is 25.2 Å². The van der Waals surface area contributed by atoms with Crippen molar-refractivity contribution >= 4 is 27.7 Å². The number of nitrogens with one attached hydrogen (secondary N) is 1. The van der Waals surface area contributed by atoms with Crippen molar-refractivity contribution in [3.63, 3.8) is 0 Å². The third kappa shape index (κ3) is 5.81. The van der Waals surface area contributed by atoms with Crippen LogP contribution in [0.3, 0.4) is 0 Å². The number of anilines is 1. The summed E-state index contributed by atoms with van der Waals surface area (Å²) in [6.07, 6.45) is 8.10. The lowest BCUT2D eigenvalue weighted by atomic mass is 9.43. The van der Waals surface area contributed by atoms with Crippen LogP contribution in [0.25, 0.3) is 17.0 Å². The van der Waals surface area contributed by atoms with Crippen LogP contribution in [0.2, 0.25) is 0 Å². The number of ether oxygens (including phenoxy) is 1. The van der Waals surface area contributed by atoms with E-state index in [1.165, 1.54) is 12.1 Å². The molecule has 49 heavy (non-hydrogen) atoms. The maximum Gasteiger partial charge on any atom is 0.264 e. The molecule has 4 aliphatic rings. The predicted molar refractivity (Wildman–Crippen MR) is 185 cm³/mol. The number of aromatic nitrogens is 5. The lowest BCUT2D eigenvalue weighted by molar-refractivity contribution is -0.126. The molecule has 1 amide bonds. The second-order valence-electron chi connectivity index (χ2n) is 14.3. The van der Waals surface area contributed by atoms with Crippen LogP contribution in [0.1, 0.15) is 78.3 Å². The van der Waals surface area contributed by atoms with Crippen molar-refractivity contribution in [1.29, 1.82) is 0 Å². The first-order chi connectivity index (χ1) is 23.4. The van der Waals surface area contributed by atoms with Gasteiger partial charge in [0.15, 0.2) is 0 Å². The maximum absolute atomic E-state index is 14.6.